The molecule has 1 aliphatic rings. The molecule has 3 aromatic rings. The zero-order valence-electron chi connectivity index (χ0n) is 15.1. The van der Waals surface area contributed by atoms with Crippen molar-refractivity contribution in [3.63, 3.8) is 0 Å². The van der Waals surface area contributed by atoms with Crippen LogP contribution in [0.3, 0.4) is 0 Å². The quantitative estimate of drug-likeness (QED) is 0.699. The van der Waals surface area contributed by atoms with Gasteiger partial charge in [0.1, 0.15) is 0 Å². The van der Waals surface area contributed by atoms with E-state index in [9.17, 15) is 5.11 Å². The zero-order chi connectivity index (χ0) is 18.1. The van der Waals surface area contributed by atoms with Gasteiger partial charge in [-0.3, -0.25) is 0 Å². The van der Waals surface area contributed by atoms with Gasteiger partial charge in [-0.05, 0) is 37.9 Å². The van der Waals surface area contributed by atoms with Crippen molar-refractivity contribution in [2.75, 3.05) is 13.2 Å². The standard InChI is InChI=1S/C22H23O2PS/c1-15-21(19-13-24-14-20(19)23)22(16(2)26-15)25(17-9-5-3-6-10-17)18-11-7-4-8-12-18/h3-12,19-20,23H,13-14H2,1-2H3/t19-,20+/m0/s1. The molecule has 2 aromatic carbocycles. The average molecular weight is 382 g/mol. The van der Waals surface area contributed by atoms with Crippen molar-refractivity contribution in [1.82, 2.24) is 0 Å². The summed E-state index contributed by atoms with van der Waals surface area (Å²) in [4.78, 5) is 2.67. The highest BCUT2D eigenvalue weighted by molar-refractivity contribution is 7.80. The molecule has 134 valence electrons. The van der Waals surface area contributed by atoms with E-state index in [2.05, 4.69) is 74.5 Å². The van der Waals surface area contributed by atoms with E-state index in [4.69, 9.17) is 4.74 Å². The summed E-state index contributed by atoms with van der Waals surface area (Å²) in [7, 11) is -0.658. The predicted octanol–water partition coefficient (Wildman–Crippen LogP) is 3.60. The molecule has 0 spiro atoms. The maximum Gasteiger partial charge on any atom is 0.0864 e. The third kappa shape index (κ3) is 3.25. The van der Waals surface area contributed by atoms with Crippen LogP contribution in [0.1, 0.15) is 21.2 Å². The molecule has 4 heteroatoms. The van der Waals surface area contributed by atoms with Gasteiger partial charge in [0.2, 0.25) is 0 Å². The fourth-order valence-corrected chi connectivity index (χ4v) is 7.94. The molecule has 1 N–H and O–H groups in total. The van der Waals surface area contributed by atoms with Crippen molar-refractivity contribution >= 4 is 35.2 Å². The Labute approximate surface area is 160 Å². The fraction of sp³-hybridized carbons (Fsp3) is 0.273. The lowest BCUT2D eigenvalue weighted by molar-refractivity contribution is 0.124. The van der Waals surface area contributed by atoms with Crippen molar-refractivity contribution in [1.29, 1.82) is 0 Å². The van der Waals surface area contributed by atoms with Crippen LogP contribution in [0.25, 0.3) is 0 Å². The van der Waals surface area contributed by atoms with E-state index in [0.29, 0.717) is 13.2 Å². The van der Waals surface area contributed by atoms with Crippen LogP contribution in [0.5, 0.6) is 0 Å². The van der Waals surface area contributed by atoms with Crippen LogP contribution in [0.15, 0.2) is 60.7 Å². The molecule has 1 fully saturated rings. The Hall–Kier alpha value is -1.51. The highest BCUT2D eigenvalue weighted by atomic mass is 32.1. The molecule has 2 nitrogen and oxygen atoms in total. The molecule has 0 saturated carbocycles. The number of thiophene rings is 1. The Kier molecular flexibility index (Phi) is 5.24. The molecule has 1 aliphatic heterocycles. The van der Waals surface area contributed by atoms with Gasteiger partial charge in [-0.15, -0.1) is 11.3 Å². The Morgan fingerprint density at radius 1 is 0.885 bits per heavy atom. The third-order valence-electron chi connectivity index (χ3n) is 4.95. The molecule has 0 amide bonds. The molecule has 2 atom stereocenters. The average Bonchev–Trinajstić information content (AvgIpc) is 3.20. The van der Waals surface area contributed by atoms with E-state index in [1.807, 2.05) is 11.3 Å². The number of ether oxygens (including phenoxy) is 1. The first-order valence-electron chi connectivity index (χ1n) is 8.92. The number of aryl methyl sites for hydroxylation is 2. The molecule has 4 rings (SSSR count). The first-order chi connectivity index (χ1) is 12.7. The lowest BCUT2D eigenvalue weighted by atomic mass is 9.96. The summed E-state index contributed by atoms with van der Waals surface area (Å²) in [6.45, 7) is 5.45. The Bertz CT molecular complexity index is 836. The molecule has 1 aromatic heterocycles. The van der Waals surface area contributed by atoms with Crippen LogP contribution in [0.4, 0.5) is 0 Å². The minimum Gasteiger partial charge on any atom is -0.390 e. The number of hydrogen-bond acceptors (Lipinski definition) is 3. The smallest absolute Gasteiger partial charge is 0.0864 e. The second kappa shape index (κ2) is 7.62. The van der Waals surface area contributed by atoms with Crippen molar-refractivity contribution in [3.05, 3.63) is 76.0 Å². The van der Waals surface area contributed by atoms with Crippen molar-refractivity contribution in [2.45, 2.75) is 25.9 Å². The number of aliphatic hydroxyl groups excluding tert-OH is 1. The maximum absolute atomic E-state index is 10.5. The zero-order valence-corrected chi connectivity index (χ0v) is 16.8. The second-order valence-electron chi connectivity index (χ2n) is 6.69. The van der Waals surface area contributed by atoms with Gasteiger partial charge < -0.3 is 9.84 Å². The first kappa shape index (κ1) is 17.9. The highest BCUT2D eigenvalue weighted by Crippen LogP contribution is 2.43. The molecule has 26 heavy (non-hydrogen) atoms. The molecule has 1 saturated heterocycles. The summed E-state index contributed by atoms with van der Waals surface area (Å²) in [6.07, 6.45) is -0.412. The first-order valence-corrected chi connectivity index (χ1v) is 11.1. The second-order valence-corrected chi connectivity index (χ2v) is 10.3. The van der Waals surface area contributed by atoms with E-state index < -0.39 is 14.0 Å². The Morgan fingerprint density at radius 3 is 1.96 bits per heavy atom. The van der Waals surface area contributed by atoms with Gasteiger partial charge in [-0.2, -0.15) is 0 Å². The molecule has 2 heterocycles. The van der Waals surface area contributed by atoms with E-state index in [-0.39, 0.29) is 5.92 Å². The Morgan fingerprint density at radius 2 is 1.46 bits per heavy atom. The van der Waals surface area contributed by atoms with Crippen LogP contribution in [-0.4, -0.2) is 24.4 Å². The van der Waals surface area contributed by atoms with Gasteiger partial charge in [-0.1, -0.05) is 60.7 Å². The van der Waals surface area contributed by atoms with Crippen molar-refractivity contribution < 1.29 is 9.84 Å². The van der Waals surface area contributed by atoms with Crippen molar-refractivity contribution in [2.24, 2.45) is 0 Å². The van der Waals surface area contributed by atoms with Crippen LogP contribution >= 0.6 is 19.3 Å². The van der Waals surface area contributed by atoms with Gasteiger partial charge in [0.25, 0.3) is 0 Å². The van der Waals surface area contributed by atoms with Crippen LogP contribution in [0, 0.1) is 13.8 Å². The predicted molar refractivity (Wildman–Crippen MR) is 112 cm³/mol. The number of benzene rings is 2. The summed E-state index contributed by atoms with van der Waals surface area (Å²) in [6, 6.07) is 21.6. The molecule has 0 radical (unpaired) electrons. The van der Waals surface area contributed by atoms with Gasteiger partial charge in [0, 0.05) is 21.0 Å². The molecule has 0 unspecified atom stereocenters. The fourth-order valence-electron chi connectivity index (χ4n) is 3.78. The van der Waals surface area contributed by atoms with Crippen LogP contribution < -0.4 is 15.9 Å². The SMILES string of the molecule is Cc1sc(C)c(P(c2ccccc2)c2ccccc2)c1[C@H]1COC[C@H]1O. The van der Waals surface area contributed by atoms with E-state index >= 15 is 0 Å². The summed E-state index contributed by atoms with van der Waals surface area (Å²) in [5.74, 6) is 0.0763. The minimum absolute atomic E-state index is 0.0763. The van der Waals surface area contributed by atoms with E-state index in [1.165, 1.54) is 31.2 Å². The Balaban J connectivity index is 1.92. The van der Waals surface area contributed by atoms with Gasteiger partial charge in [-0.25, -0.2) is 0 Å². The van der Waals surface area contributed by atoms with Crippen LogP contribution in [-0.2, 0) is 4.74 Å². The summed E-state index contributed by atoms with van der Waals surface area (Å²) in [5, 5.41) is 14.6. The lowest BCUT2D eigenvalue weighted by Crippen LogP contribution is -2.27. The molecular weight excluding hydrogens is 359 g/mol. The molecule has 0 bridgehead atoms. The summed E-state index contributed by atoms with van der Waals surface area (Å²) >= 11 is 1.85. The number of aliphatic hydroxyl groups is 1. The maximum atomic E-state index is 10.5. The van der Waals surface area contributed by atoms with Gasteiger partial charge >= 0.3 is 0 Å². The normalized spacial score (nSPS) is 20.0. The van der Waals surface area contributed by atoms with Gasteiger partial charge in [0.15, 0.2) is 0 Å². The lowest BCUT2D eigenvalue weighted by Gasteiger charge is -2.24. The largest absolute Gasteiger partial charge is 0.390 e. The van der Waals surface area contributed by atoms with Crippen LogP contribution in [0.2, 0.25) is 0 Å². The van der Waals surface area contributed by atoms with E-state index in [1.54, 1.807) is 0 Å². The number of hydrogen-bond donors (Lipinski definition) is 1. The van der Waals surface area contributed by atoms with E-state index in [0.717, 1.165) is 0 Å². The molecular formula is C22H23O2PS. The monoisotopic (exact) mass is 382 g/mol. The summed E-state index contributed by atoms with van der Waals surface area (Å²) < 4.78 is 5.60. The third-order valence-corrected chi connectivity index (χ3v) is 8.79. The van der Waals surface area contributed by atoms with Crippen molar-refractivity contribution in [3.8, 4) is 0 Å². The minimum atomic E-state index is -0.658. The topological polar surface area (TPSA) is 29.5 Å². The molecule has 0 aliphatic carbocycles. The number of rotatable bonds is 4. The summed E-state index contributed by atoms with van der Waals surface area (Å²) in [5.41, 5.74) is 1.32. The van der Waals surface area contributed by atoms with Gasteiger partial charge in [0.05, 0.1) is 19.3 Å². The highest BCUT2D eigenvalue weighted by Gasteiger charge is 2.35.